The van der Waals surface area contributed by atoms with Crippen LogP contribution in [0.4, 0.5) is 4.79 Å². The van der Waals surface area contributed by atoms with Crippen molar-refractivity contribution in [3.8, 4) is 17.1 Å². The van der Waals surface area contributed by atoms with Crippen LogP contribution in [0.15, 0.2) is 12.1 Å². The zero-order valence-electron chi connectivity index (χ0n) is 19.1. The average molecular weight is 458 g/mol. The number of pyridine rings is 1. The van der Waals surface area contributed by atoms with Crippen LogP contribution in [0.25, 0.3) is 11.4 Å². The van der Waals surface area contributed by atoms with Crippen LogP contribution in [0.3, 0.4) is 0 Å². The first-order chi connectivity index (χ1) is 15.9. The van der Waals surface area contributed by atoms with E-state index in [2.05, 4.69) is 20.6 Å². The van der Waals surface area contributed by atoms with Crippen molar-refractivity contribution in [1.29, 1.82) is 0 Å². The van der Waals surface area contributed by atoms with Gasteiger partial charge in [-0.1, -0.05) is 5.21 Å². The highest BCUT2D eigenvalue weighted by Crippen LogP contribution is 2.30. The summed E-state index contributed by atoms with van der Waals surface area (Å²) in [6.07, 6.45) is 6.34. The second-order valence-corrected chi connectivity index (χ2v) is 8.90. The second kappa shape index (κ2) is 10.2. The molecule has 178 valence electrons. The fourth-order valence-corrected chi connectivity index (χ4v) is 4.59. The molecule has 2 atom stereocenters. The van der Waals surface area contributed by atoms with Crippen molar-refractivity contribution in [3.05, 3.63) is 23.5 Å². The van der Waals surface area contributed by atoms with E-state index in [0.717, 1.165) is 44.2 Å². The molecule has 2 aliphatic carbocycles. The number of aryl methyl sites for hydroxylation is 2. The third-order valence-electron chi connectivity index (χ3n) is 6.47. The lowest BCUT2D eigenvalue weighted by molar-refractivity contribution is -0.143. The largest absolute Gasteiger partial charge is 0.489 e. The summed E-state index contributed by atoms with van der Waals surface area (Å²) in [6.45, 7) is 2.08. The number of ether oxygens (including phenoxy) is 2. The van der Waals surface area contributed by atoms with Gasteiger partial charge in [-0.3, -0.25) is 4.79 Å². The lowest BCUT2D eigenvalue weighted by atomic mass is 9.87. The molecule has 2 aromatic rings. The molecule has 0 radical (unpaired) electrons. The molecule has 2 heterocycles. The molecule has 10 heteroatoms. The van der Waals surface area contributed by atoms with E-state index in [9.17, 15) is 14.7 Å². The first-order valence-electron chi connectivity index (χ1n) is 11.6. The topological polar surface area (TPSA) is 128 Å². The number of aliphatic carboxylic acids is 1. The molecule has 4 rings (SSSR count). The van der Waals surface area contributed by atoms with Gasteiger partial charge >= 0.3 is 12.1 Å². The van der Waals surface area contributed by atoms with E-state index in [-0.39, 0.29) is 24.7 Å². The van der Waals surface area contributed by atoms with Crippen LogP contribution >= 0.6 is 0 Å². The van der Waals surface area contributed by atoms with Crippen LogP contribution in [-0.4, -0.2) is 49.4 Å². The van der Waals surface area contributed by atoms with Gasteiger partial charge in [0, 0.05) is 7.05 Å². The van der Waals surface area contributed by atoms with Gasteiger partial charge in [0.25, 0.3) is 0 Å². The number of carbonyl (C=O) groups is 2. The molecule has 0 aromatic carbocycles. The number of alkyl carbamates (subject to hydrolysis) is 1. The summed E-state index contributed by atoms with van der Waals surface area (Å²) in [6, 6.07) is 3.65. The smallest absolute Gasteiger partial charge is 0.407 e. The molecule has 2 saturated carbocycles. The monoisotopic (exact) mass is 457 g/mol. The van der Waals surface area contributed by atoms with Crippen molar-refractivity contribution >= 4 is 12.1 Å². The Morgan fingerprint density at radius 3 is 2.64 bits per heavy atom. The van der Waals surface area contributed by atoms with Crippen LogP contribution in [-0.2, 0) is 23.1 Å². The van der Waals surface area contributed by atoms with Crippen molar-refractivity contribution in [2.45, 2.75) is 77.0 Å². The molecule has 0 saturated heterocycles. The zero-order chi connectivity index (χ0) is 23.4. The average Bonchev–Trinajstić information content (AvgIpc) is 3.43. The molecule has 0 unspecified atom stereocenters. The molecule has 1 amide bonds. The van der Waals surface area contributed by atoms with E-state index in [4.69, 9.17) is 9.47 Å². The Kier molecular flexibility index (Phi) is 7.10. The fraction of sp³-hybridized carbons (Fsp3) is 0.609. The normalized spacial score (nSPS) is 21.0. The van der Waals surface area contributed by atoms with E-state index < -0.39 is 12.1 Å². The Labute approximate surface area is 192 Å². The first kappa shape index (κ1) is 23.0. The van der Waals surface area contributed by atoms with Gasteiger partial charge in [0.2, 0.25) is 0 Å². The number of rotatable bonds is 7. The Morgan fingerprint density at radius 1 is 1.15 bits per heavy atom. The quantitative estimate of drug-likeness (QED) is 0.647. The maximum atomic E-state index is 12.2. The van der Waals surface area contributed by atoms with Crippen LogP contribution in [0.2, 0.25) is 0 Å². The van der Waals surface area contributed by atoms with Crippen molar-refractivity contribution in [1.82, 2.24) is 25.3 Å². The van der Waals surface area contributed by atoms with Crippen molar-refractivity contribution in [2.75, 3.05) is 0 Å². The van der Waals surface area contributed by atoms with Gasteiger partial charge in [0.1, 0.15) is 17.5 Å². The molecule has 2 N–H and O–H groups in total. The minimum atomic E-state index is -0.760. The van der Waals surface area contributed by atoms with E-state index in [1.807, 2.05) is 19.1 Å². The minimum absolute atomic E-state index is 0.000866. The Morgan fingerprint density at radius 2 is 1.91 bits per heavy atom. The molecule has 2 aliphatic rings. The molecule has 33 heavy (non-hydrogen) atoms. The summed E-state index contributed by atoms with van der Waals surface area (Å²) >= 11 is 0. The summed E-state index contributed by atoms with van der Waals surface area (Å²) in [4.78, 5) is 28.1. The van der Waals surface area contributed by atoms with Crippen LogP contribution < -0.4 is 10.1 Å². The number of hydrogen-bond donors (Lipinski definition) is 2. The predicted molar refractivity (Wildman–Crippen MR) is 119 cm³/mol. The second-order valence-electron chi connectivity index (χ2n) is 8.90. The van der Waals surface area contributed by atoms with Gasteiger partial charge in [-0.25, -0.2) is 14.5 Å². The van der Waals surface area contributed by atoms with Gasteiger partial charge in [0.15, 0.2) is 0 Å². The summed E-state index contributed by atoms with van der Waals surface area (Å²) < 4.78 is 13.2. The van der Waals surface area contributed by atoms with Crippen molar-refractivity contribution in [3.63, 3.8) is 0 Å². The zero-order valence-corrected chi connectivity index (χ0v) is 19.1. The van der Waals surface area contributed by atoms with E-state index in [1.165, 1.54) is 0 Å². The molecule has 0 bridgehead atoms. The van der Waals surface area contributed by atoms with Crippen LogP contribution in [0.5, 0.6) is 5.75 Å². The van der Waals surface area contributed by atoms with Gasteiger partial charge in [0.05, 0.1) is 35.6 Å². The Bertz CT molecular complexity index is 1000. The number of aromatic nitrogens is 4. The number of carboxylic acids is 1. The maximum Gasteiger partial charge on any atom is 0.407 e. The summed E-state index contributed by atoms with van der Waals surface area (Å²) in [7, 11) is 1.77. The predicted octanol–water partition coefficient (Wildman–Crippen LogP) is 3.38. The third-order valence-corrected chi connectivity index (χ3v) is 6.47. The maximum absolute atomic E-state index is 12.2. The molecule has 2 aromatic heterocycles. The van der Waals surface area contributed by atoms with E-state index in [1.54, 1.807) is 11.7 Å². The van der Waals surface area contributed by atoms with Crippen LogP contribution in [0.1, 0.15) is 62.8 Å². The number of nitrogens with one attached hydrogen (secondary N) is 1. The number of carbonyl (C=O) groups excluding carboxylic acids is 1. The highest BCUT2D eigenvalue weighted by atomic mass is 16.6. The van der Waals surface area contributed by atoms with E-state index >= 15 is 0 Å². The highest BCUT2D eigenvalue weighted by molar-refractivity contribution is 5.70. The lowest BCUT2D eigenvalue weighted by Crippen LogP contribution is -2.29. The van der Waals surface area contributed by atoms with Gasteiger partial charge < -0.3 is 19.9 Å². The van der Waals surface area contributed by atoms with Gasteiger partial charge in [-0.05, 0) is 70.4 Å². The number of amides is 1. The SMILES string of the molecule is Cc1nc(-c2nnn(C)c2CNC(=O)OC2CCCC2)ccc1O[C@H]1CCC[C@H](C(=O)O)C1. The standard InChI is InChI=1S/C23H31N5O5/c1-14-20(32-17-9-5-6-15(12-17)22(29)30)11-10-18(25-14)21-19(28(2)27-26-21)13-24-23(31)33-16-7-3-4-8-16/h10-11,15-17H,3-9,12-13H2,1-2H3,(H,24,31)(H,29,30)/t15-,17-/m0/s1. The van der Waals surface area contributed by atoms with Crippen molar-refractivity contribution < 1.29 is 24.2 Å². The number of carboxylic acid groups (broad SMARTS) is 1. The lowest BCUT2D eigenvalue weighted by Gasteiger charge is -2.27. The van der Waals surface area contributed by atoms with Gasteiger partial charge in [-0.2, -0.15) is 0 Å². The molecule has 2 fully saturated rings. The minimum Gasteiger partial charge on any atom is -0.489 e. The summed E-state index contributed by atoms with van der Waals surface area (Å²) in [5.74, 6) is -0.478. The number of nitrogens with zero attached hydrogens (tertiary/aromatic N) is 4. The van der Waals surface area contributed by atoms with E-state index in [0.29, 0.717) is 35.7 Å². The first-order valence-corrected chi connectivity index (χ1v) is 11.6. The Balaban J connectivity index is 1.41. The van der Waals surface area contributed by atoms with Gasteiger partial charge in [-0.15, -0.1) is 5.10 Å². The third kappa shape index (κ3) is 5.61. The summed E-state index contributed by atoms with van der Waals surface area (Å²) in [5, 5.41) is 20.4. The highest BCUT2D eigenvalue weighted by Gasteiger charge is 2.28. The molecular formula is C23H31N5O5. The molecule has 0 aliphatic heterocycles. The summed E-state index contributed by atoms with van der Waals surface area (Å²) in [5.41, 5.74) is 2.61. The number of hydrogen-bond acceptors (Lipinski definition) is 7. The van der Waals surface area contributed by atoms with Crippen LogP contribution in [0, 0.1) is 12.8 Å². The molecule has 10 nitrogen and oxygen atoms in total. The molecular weight excluding hydrogens is 426 g/mol. The Hall–Kier alpha value is -3.17. The fourth-order valence-electron chi connectivity index (χ4n) is 4.59. The molecule has 0 spiro atoms. The van der Waals surface area contributed by atoms with Crippen molar-refractivity contribution in [2.24, 2.45) is 13.0 Å².